The molecule has 2 heterocycles. The van der Waals surface area contributed by atoms with Gasteiger partial charge in [-0.05, 0) is 28.1 Å². The summed E-state index contributed by atoms with van der Waals surface area (Å²) in [5.74, 6) is 0.515. The van der Waals surface area contributed by atoms with Crippen molar-refractivity contribution in [2.45, 2.75) is 0 Å². The first kappa shape index (κ1) is 9.15. The minimum atomic E-state index is 0.515. The molecule has 0 saturated carbocycles. The van der Waals surface area contributed by atoms with Crippen molar-refractivity contribution in [1.29, 1.82) is 0 Å². The monoisotopic (exact) mass is 249 g/mol. The van der Waals surface area contributed by atoms with Crippen LogP contribution in [0.2, 0.25) is 0 Å². The summed E-state index contributed by atoms with van der Waals surface area (Å²) in [6, 6.07) is 5.75. The fourth-order valence-corrected chi connectivity index (χ4v) is 1.53. The molecule has 4 heteroatoms. The van der Waals surface area contributed by atoms with Gasteiger partial charge >= 0.3 is 0 Å². The number of rotatable bonds is 1. The van der Waals surface area contributed by atoms with Crippen LogP contribution in [0.4, 0.5) is 5.82 Å². The zero-order chi connectivity index (χ0) is 9.97. The third kappa shape index (κ3) is 1.75. The second-order valence-electron chi connectivity index (χ2n) is 2.83. The van der Waals surface area contributed by atoms with Crippen LogP contribution in [0.15, 0.2) is 41.3 Å². The Morgan fingerprint density at radius 1 is 1.29 bits per heavy atom. The van der Waals surface area contributed by atoms with Crippen LogP contribution in [-0.4, -0.2) is 9.97 Å². The Hall–Kier alpha value is -1.42. The highest BCUT2D eigenvalue weighted by Crippen LogP contribution is 2.25. The topological polar surface area (TPSA) is 51.8 Å². The number of pyridine rings is 2. The van der Waals surface area contributed by atoms with Crippen LogP contribution in [0.25, 0.3) is 11.1 Å². The fourth-order valence-electron chi connectivity index (χ4n) is 1.20. The maximum Gasteiger partial charge on any atom is 0.131 e. The molecule has 0 aliphatic rings. The first-order valence-electron chi connectivity index (χ1n) is 4.09. The molecule has 2 N–H and O–H groups in total. The van der Waals surface area contributed by atoms with Crippen molar-refractivity contribution in [1.82, 2.24) is 9.97 Å². The van der Waals surface area contributed by atoms with Gasteiger partial charge in [0.1, 0.15) is 5.82 Å². The zero-order valence-electron chi connectivity index (χ0n) is 7.31. The van der Waals surface area contributed by atoms with Gasteiger partial charge in [0.25, 0.3) is 0 Å². The first-order chi connectivity index (χ1) is 6.77. The van der Waals surface area contributed by atoms with E-state index in [1.807, 2.05) is 18.2 Å². The molecule has 0 amide bonds. The van der Waals surface area contributed by atoms with Gasteiger partial charge in [0.15, 0.2) is 0 Å². The molecule has 0 aliphatic heterocycles. The van der Waals surface area contributed by atoms with Crippen molar-refractivity contribution in [3.8, 4) is 11.1 Å². The normalized spacial score (nSPS) is 10.1. The molecular weight excluding hydrogens is 242 g/mol. The van der Waals surface area contributed by atoms with E-state index in [0.717, 1.165) is 15.6 Å². The van der Waals surface area contributed by atoms with Crippen LogP contribution in [0, 0.1) is 0 Å². The van der Waals surface area contributed by atoms with Crippen LogP contribution in [0.5, 0.6) is 0 Å². The maximum absolute atomic E-state index is 5.76. The van der Waals surface area contributed by atoms with Crippen LogP contribution < -0.4 is 5.73 Å². The molecule has 2 rings (SSSR count). The van der Waals surface area contributed by atoms with E-state index in [1.165, 1.54) is 0 Å². The number of anilines is 1. The molecule has 0 aliphatic carbocycles. The van der Waals surface area contributed by atoms with Crippen LogP contribution in [0.1, 0.15) is 0 Å². The van der Waals surface area contributed by atoms with E-state index in [2.05, 4.69) is 25.9 Å². The van der Waals surface area contributed by atoms with Crippen molar-refractivity contribution >= 4 is 21.7 Å². The third-order valence-electron chi connectivity index (χ3n) is 1.86. The molecular formula is C10H8BrN3. The second kappa shape index (κ2) is 3.75. The number of nitrogens with zero attached hydrogens (tertiary/aromatic N) is 2. The number of halogens is 1. The first-order valence-corrected chi connectivity index (χ1v) is 4.88. The summed E-state index contributed by atoms with van der Waals surface area (Å²) in [7, 11) is 0. The quantitative estimate of drug-likeness (QED) is 0.845. The van der Waals surface area contributed by atoms with Gasteiger partial charge in [-0.3, -0.25) is 4.98 Å². The minimum absolute atomic E-state index is 0.515. The van der Waals surface area contributed by atoms with E-state index in [-0.39, 0.29) is 0 Å². The Kier molecular flexibility index (Phi) is 2.45. The van der Waals surface area contributed by atoms with E-state index in [1.54, 1.807) is 18.6 Å². The van der Waals surface area contributed by atoms with Crippen molar-refractivity contribution in [3.05, 3.63) is 41.3 Å². The van der Waals surface area contributed by atoms with E-state index in [4.69, 9.17) is 5.73 Å². The average Bonchev–Trinajstić information content (AvgIpc) is 2.23. The highest BCUT2D eigenvalue weighted by Gasteiger charge is 2.03. The van der Waals surface area contributed by atoms with Crippen molar-refractivity contribution in [2.24, 2.45) is 0 Å². The molecule has 0 saturated heterocycles. The molecule has 3 nitrogen and oxygen atoms in total. The predicted molar refractivity (Wildman–Crippen MR) is 59.6 cm³/mol. The van der Waals surface area contributed by atoms with Crippen molar-refractivity contribution < 1.29 is 0 Å². The molecule has 0 radical (unpaired) electrons. The molecule has 0 bridgehead atoms. The summed E-state index contributed by atoms with van der Waals surface area (Å²) in [6.45, 7) is 0. The van der Waals surface area contributed by atoms with Crippen LogP contribution in [-0.2, 0) is 0 Å². The number of aromatic nitrogens is 2. The molecule has 14 heavy (non-hydrogen) atoms. The summed E-state index contributed by atoms with van der Waals surface area (Å²) in [5.41, 5.74) is 7.63. The lowest BCUT2D eigenvalue weighted by atomic mass is 10.1. The summed E-state index contributed by atoms with van der Waals surface area (Å²) in [5, 5.41) is 0. The molecule has 0 spiro atoms. The Labute approximate surface area is 90.1 Å². The lowest BCUT2D eigenvalue weighted by Gasteiger charge is -2.04. The van der Waals surface area contributed by atoms with Gasteiger partial charge in [0, 0.05) is 34.2 Å². The minimum Gasteiger partial charge on any atom is -0.383 e. The van der Waals surface area contributed by atoms with Crippen molar-refractivity contribution in [3.63, 3.8) is 0 Å². The third-order valence-corrected chi connectivity index (χ3v) is 2.29. The summed E-state index contributed by atoms with van der Waals surface area (Å²) >= 11 is 3.36. The zero-order valence-corrected chi connectivity index (χ0v) is 8.90. The number of nitrogens with two attached hydrogens (primary N) is 1. The SMILES string of the molecule is Nc1ncc(Br)cc1-c1cccnc1. The number of hydrogen-bond acceptors (Lipinski definition) is 3. The van der Waals surface area contributed by atoms with Crippen LogP contribution >= 0.6 is 15.9 Å². The van der Waals surface area contributed by atoms with E-state index in [9.17, 15) is 0 Å². The number of hydrogen-bond donors (Lipinski definition) is 1. The lowest BCUT2D eigenvalue weighted by molar-refractivity contribution is 1.29. The number of nitrogen functional groups attached to an aromatic ring is 1. The van der Waals surface area contributed by atoms with Gasteiger partial charge in [-0.2, -0.15) is 0 Å². The van der Waals surface area contributed by atoms with Gasteiger partial charge in [-0.25, -0.2) is 4.98 Å². The largest absolute Gasteiger partial charge is 0.383 e. The van der Waals surface area contributed by atoms with Crippen molar-refractivity contribution in [2.75, 3.05) is 5.73 Å². The molecule has 70 valence electrons. The van der Waals surface area contributed by atoms with Gasteiger partial charge in [0.2, 0.25) is 0 Å². The predicted octanol–water partition coefficient (Wildman–Crippen LogP) is 2.49. The molecule has 0 fully saturated rings. The van der Waals surface area contributed by atoms with Gasteiger partial charge in [0.05, 0.1) is 0 Å². The molecule has 2 aromatic heterocycles. The van der Waals surface area contributed by atoms with E-state index < -0.39 is 0 Å². The van der Waals surface area contributed by atoms with Gasteiger partial charge in [-0.15, -0.1) is 0 Å². The Bertz CT molecular complexity index is 442. The molecule has 0 aromatic carbocycles. The summed E-state index contributed by atoms with van der Waals surface area (Å²) < 4.78 is 0.908. The molecule has 0 unspecified atom stereocenters. The maximum atomic E-state index is 5.76. The molecule has 2 aromatic rings. The smallest absolute Gasteiger partial charge is 0.131 e. The fraction of sp³-hybridized carbons (Fsp3) is 0. The molecule has 0 atom stereocenters. The van der Waals surface area contributed by atoms with Gasteiger partial charge in [-0.1, -0.05) is 6.07 Å². The Balaban J connectivity index is 2.57. The second-order valence-corrected chi connectivity index (χ2v) is 3.74. The lowest BCUT2D eigenvalue weighted by Crippen LogP contribution is -1.93. The highest BCUT2D eigenvalue weighted by molar-refractivity contribution is 9.10. The highest BCUT2D eigenvalue weighted by atomic mass is 79.9. The Morgan fingerprint density at radius 3 is 2.86 bits per heavy atom. The standard InChI is InChI=1S/C10H8BrN3/c11-8-4-9(10(12)14-6-8)7-2-1-3-13-5-7/h1-6H,(H2,12,14). The van der Waals surface area contributed by atoms with E-state index in [0.29, 0.717) is 5.82 Å². The summed E-state index contributed by atoms with van der Waals surface area (Å²) in [4.78, 5) is 8.09. The summed E-state index contributed by atoms with van der Waals surface area (Å²) in [6.07, 6.45) is 5.17. The average molecular weight is 250 g/mol. The Morgan fingerprint density at radius 2 is 2.14 bits per heavy atom. The van der Waals surface area contributed by atoms with E-state index >= 15 is 0 Å². The van der Waals surface area contributed by atoms with Crippen LogP contribution in [0.3, 0.4) is 0 Å². The van der Waals surface area contributed by atoms with Gasteiger partial charge < -0.3 is 5.73 Å².